The molecule has 27 heavy (non-hydrogen) atoms. The van der Waals surface area contributed by atoms with Gasteiger partial charge in [0.1, 0.15) is 5.75 Å². The molecule has 0 aliphatic carbocycles. The highest BCUT2D eigenvalue weighted by atomic mass is 16.5. The number of benzene rings is 2. The highest BCUT2D eigenvalue weighted by Crippen LogP contribution is 2.37. The van der Waals surface area contributed by atoms with Crippen molar-refractivity contribution >= 4 is 5.69 Å². The first kappa shape index (κ1) is 17.9. The molecule has 2 fully saturated rings. The number of hydrogen-bond donors (Lipinski definition) is 1. The van der Waals surface area contributed by atoms with Crippen LogP contribution in [0.5, 0.6) is 5.75 Å². The average molecular weight is 362 g/mol. The predicted molar refractivity (Wildman–Crippen MR) is 108 cm³/mol. The van der Waals surface area contributed by atoms with Crippen molar-refractivity contribution in [1.82, 2.24) is 4.90 Å². The van der Waals surface area contributed by atoms with Crippen LogP contribution in [0.2, 0.25) is 0 Å². The fourth-order valence-corrected chi connectivity index (χ4v) is 3.67. The van der Waals surface area contributed by atoms with Gasteiger partial charge in [0.2, 0.25) is 0 Å². The lowest BCUT2D eigenvalue weighted by molar-refractivity contribution is -0.105. The maximum atomic E-state index is 5.88. The fraction of sp³-hybridized carbons (Fsp3) is 0.391. The molecule has 0 saturated carbocycles. The standard InChI is InChI=1S/C23H26N2O2/c24-21-8-4-19(5-9-21)2-3-20-6-10-22(11-7-20)27-15-1-13-25-14-12-23(16-25)17-26-18-23/h4-11H,1,12-18,24H2. The van der Waals surface area contributed by atoms with E-state index < -0.39 is 0 Å². The first-order valence-electron chi connectivity index (χ1n) is 9.61. The van der Waals surface area contributed by atoms with Gasteiger partial charge in [-0.2, -0.15) is 0 Å². The van der Waals surface area contributed by atoms with Gasteiger partial charge in [-0.25, -0.2) is 0 Å². The normalized spacial score (nSPS) is 17.9. The second kappa shape index (κ2) is 8.04. The second-order valence-electron chi connectivity index (χ2n) is 7.62. The molecule has 0 bridgehead atoms. The fourth-order valence-electron chi connectivity index (χ4n) is 3.67. The van der Waals surface area contributed by atoms with Crippen molar-refractivity contribution in [2.24, 2.45) is 5.41 Å². The van der Waals surface area contributed by atoms with E-state index in [2.05, 4.69) is 16.7 Å². The van der Waals surface area contributed by atoms with Crippen molar-refractivity contribution in [2.45, 2.75) is 12.8 Å². The topological polar surface area (TPSA) is 47.7 Å². The highest BCUT2D eigenvalue weighted by Gasteiger charge is 2.43. The zero-order valence-corrected chi connectivity index (χ0v) is 15.6. The van der Waals surface area contributed by atoms with Crippen LogP contribution in [0.1, 0.15) is 24.0 Å². The van der Waals surface area contributed by atoms with Gasteiger partial charge in [-0.3, -0.25) is 0 Å². The number of nitrogen functional groups attached to an aromatic ring is 1. The van der Waals surface area contributed by atoms with E-state index in [1.54, 1.807) is 0 Å². The van der Waals surface area contributed by atoms with Crippen LogP contribution >= 0.6 is 0 Å². The van der Waals surface area contributed by atoms with Gasteiger partial charge < -0.3 is 20.1 Å². The van der Waals surface area contributed by atoms with E-state index in [0.29, 0.717) is 5.41 Å². The number of hydrogen-bond acceptors (Lipinski definition) is 4. The zero-order valence-electron chi connectivity index (χ0n) is 15.6. The summed E-state index contributed by atoms with van der Waals surface area (Å²) in [5.74, 6) is 7.22. The van der Waals surface area contributed by atoms with Crippen LogP contribution in [0.15, 0.2) is 48.5 Å². The summed E-state index contributed by atoms with van der Waals surface area (Å²) in [5, 5.41) is 0. The smallest absolute Gasteiger partial charge is 0.119 e. The lowest BCUT2D eigenvalue weighted by Crippen LogP contribution is -2.44. The van der Waals surface area contributed by atoms with Gasteiger partial charge in [0.05, 0.1) is 19.8 Å². The molecule has 0 unspecified atom stereocenters. The molecule has 2 aromatic rings. The molecular formula is C23H26N2O2. The molecule has 4 rings (SSSR count). The Hall–Kier alpha value is -2.48. The first-order valence-corrected chi connectivity index (χ1v) is 9.61. The number of ether oxygens (including phenoxy) is 2. The molecule has 4 heteroatoms. The molecule has 0 amide bonds. The molecule has 2 heterocycles. The van der Waals surface area contributed by atoms with Gasteiger partial charge in [0.25, 0.3) is 0 Å². The second-order valence-corrected chi connectivity index (χ2v) is 7.62. The molecular weight excluding hydrogens is 336 g/mol. The number of rotatable bonds is 5. The van der Waals surface area contributed by atoms with E-state index >= 15 is 0 Å². The summed E-state index contributed by atoms with van der Waals surface area (Å²) in [6, 6.07) is 15.6. The third-order valence-electron chi connectivity index (χ3n) is 5.34. The predicted octanol–water partition coefficient (Wildman–Crippen LogP) is 3.16. The average Bonchev–Trinajstić information content (AvgIpc) is 3.11. The van der Waals surface area contributed by atoms with Crippen LogP contribution in [-0.2, 0) is 4.74 Å². The van der Waals surface area contributed by atoms with Crippen LogP contribution in [-0.4, -0.2) is 44.4 Å². The maximum Gasteiger partial charge on any atom is 0.119 e. The van der Waals surface area contributed by atoms with Gasteiger partial charge in [-0.05, 0) is 67.9 Å². The van der Waals surface area contributed by atoms with Crippen molar-refractivity contribution in [1.29, 1.82) is 0 Å². The van der Waals surface area contributed by atoms with Crippen molar-refractivity contribution in [2.75, 3.05) is 45.2 Å². The van der Waals surface area contributed by atoms with E-state index in [-0.39, 0.29) is 0 Å². The van der Waals surface area contributed by atoms with E-state index in [1.165, 1.54) is 19.5 Å². The molecule has 2 N–H and O–H groups in total. The minimum atomic E-state index is 0.476. The van der Waals surface area contributed by atoms with Crippen molar-refractivity contribution in [3.63, 3.8) is 0 Å². The molecule has 0 aromatic heterocycles. The van der Waals surface area contributed by atoms with Crippen LogP contribution in [0, 0.1) is 17.3 Å². The van der Waals surface area contributed by atoms with E-state index in [9.17, 15) is 0 Å². The van der Waals surface area contributed by atoms with Crippen molar-refractivity contribution < 1.29 is 9.47 Å². The van der Waals surface area contributed by atoms with Gasteiger partial charge in [-0.15, -0.1) is 0 Å². The number of anilines is 1. The van der Waals surface area contributed by atoms with Crippen molar-refractivity contribution in [3.8, 4) is 17.6 Å². The molecule has 1 spiro atoms. The molecule has 0 radical (unpaired) electrons. The zero-order chi connectivity index (χ0) is 18.5. The minimum Gasteiger partial charge on any atom is -0.494 e. The van der Waals surface area contributed by atoms with Crippen LogP contribution in [0.25, 0.3) is 0 Å². The van der Waals surface area contributed by atoms with Gasteiger partial charge in [0.15, 0.2) is 0 Å². The molecule has 2 aliphatic heterocycles. The Labute approximate surface area is 161 Å². The minimum absolute atomic E-state index is 0.476. The lowest BCUT2D eigenvalue weighted by Gasteiger charge is -2.37. The van der Waals surface area contributed by atoms with Crippen molar-refractivity contribution in [3.05, 3.63) is 59.7 Å². The molecule has 2 aliphatic rings. The summed E-state index contributed by atoms with van der Waals surface area (Å²) in [5.41, 5.74) is 8.85. The summed E-state index contributed by atoms with van der Waals surface area (Å²) in [7, 11) is 0. The number of nitrogens with two attached hydrogens (primary N) is 1. The number of likely N-dealkylation sites (tertiary alicyclic amines) is 1. The van der Waals surface area contributed by atoms with Crippen LogP contribution in [0.3, 0.4) is 0 Å². The van der Waals surface area contributed by atoms with E-state index in [1.807, 2.05) is 48.5 Å². The molecule has 2 aromatic carbocycles. The Morgan fingerprint density at radius 3 is 2.26 bits per heavy atom. The maximum absolute atomic E-state index is 5.88. The monoisotopic (exact) mass is 362 g/mol. The third kappa shape index (κ3) is 4.63. The Balaban J connectivity index is 1.20. The summed E-state index contributed by atoms with van der Waals surface area (Å²) in [6.07, 6.45) is 2.34. The summed E-state index contributed by atoms with van der Waals surface area (Å²) >= 11 is 0. The summed E-state index contributed by atoms with van der Waals surface area (Å²) in [4.78, 5) is 2.54. The molecule has 4 nitrogen and oxygen atoms in total. The van der Waals surface area contributed by atoms with Crippen LogP contribution in [0.4, 0.5) is 5.69 Å². The summed E-state index contributed by atoms with van der Waals surface area (Å²) in [6.45, 7) is 6.14. The SMILES string of the molecule is Nc1ccc(C#Cc2ccc(OCCCN3CCC4(COC4)C3)cc2)cc1. The van der Waals surface area contributed by atoms with Gasteiger partial charge >= 0.3 is 0 Å². The molecule has 140 valence electrons. The summed E-state index contributed by atoms with van der Waals surface area (Å²) < 4.78 is 11.3. The molecule has 0 atom stereocenters. The van der Waals surface area contributed by atoms with Crippen LogP contribution < -0.4 is 10.5 Å². The van der Waals surface area contributed by atoms with E-state index in [0.717, 1.165) is 55.4 Å². The van der Waals surface area contributed by atoms with Gasteiger partial charge in [0, 0.05) is 35.3 Å². The lowest BCUT2D eigenvalue weighted by atomic mass is 9.85. The Morgan fingerprint density at radius 2 is 1.67 bits per heavy atom. The van der Waals surface area contributed by atoms with E-state index in [4.69, 9.17) is 15.2 Å². The first-order chi connectivity index (χ1) is 13.2. The Kier molecular flexibility index (Phi) is 5.33. The Bertz CT molecular complexity index is 814. The Morgan fingerprint density at radius 1 is 1.00 bits per heavy atom. The highest BCUT2D eigenvalue weighted by molar-refractivity contribution is 5.48. The third-order valence-corrected chi connectivity index (χ3v) is 5.34. The van der Waals surface area contributed by atoms with Gasteiger partial charge in [-0.1, -0.05) is 11.8 Å². The quantitative estimate of drug-likeness (QED) is 0.504. The number of nitrogens with zero attached hydrogens (tertiary/aromatic N) is 1. The molecule has 2 saturated heterocycles. The largest absolute Gasteiger partial charge is 0.494 e.